The summed E-state index contributed by atoms with van der Waals surface area (Å²) in [5.41, 5.74) is 0.888. The molecule has 4 heteroatoms. The molecule has 0 N–H and O–H groups in total. The molecule has 2 unspecified atom stereocenters. The second-order valence-corrected chi connectivity index (χ2v) is 8.29. The fourth-order valence-corrected chi connectivity index (χ4v) is 4.71. The number of halogens is 1. The van der Waals surface area contributed by atoms with E-state index < -0.39 is 0 Å². The zero-order valence-corrected chi connectivity index (χ0v) is 13.4. The van der Waals surface area contributed by atoms with E-state index in [-0.39, 0.29) is 5.91 Å². The fourth-order valence-electron chi connectivity index (χ4n) is 3.39. The first-order valence-electron chi connectivity index (χ1n) is 6.77. The van der Waals surface area contributed by atoms with Crippen LogP contribution in [-0.2, 0) is 0 Å². The van der Waals surface area contributed by atoms with Gasteiger partial charge in [0, 0.05) is 18.5 Å². The van der Waals surface area contributed by atoms with Crippen LogP contribution < -0.4 is 0 Å². The van der Waals surface area contributed by atoms with Crippen molar-refractivity contribution in [1.29, 1.82) is 0 Å². The second kappa shape index (κ2) is 5.49. The molecule has 1 aromatic rings. The highest BCUT2D eigenvalue weighted by Gasteiger charge is 2.33. The molecule has 18 heavy (non-hydrogen) atoms. The van der Waals surface area contributed by atoms with Crippen molar-refractivity contribution in [3.8, 4) is 0 Å². The van der Waals surface area contributed by atoms with Gasteiger partial charge in [-0.3, -0.25) is 4.79 Å². The standard InChI is InChI=1S/C14H18INOS/c15-13-7-12(9-18-13)14(17)16-6-5-10-3-1-2-4-11(10)8-16/h7,9-11H,1-6,8H2. The van der Waals surface area contributed by atoms with Crippen molar-refractivity contribution in [2.24, 2.45) is 11.8 Å². The van der Waals surface area contributed by atoms with Gasteiger partial charge in [0.25, 0.3) is 5.91 Å². The van der Waals surface area contributed by atoms with Crippen LogP contribution in [0.25, 0.3) is 0 Å². The van der Waals surface area contributed by atoms with Gasteiger partial charge in [0.05, 0.1) is 8.45 Å². The molecule has 1 aromatic heterocycles. The average molecular weight is 375 g/mol. The van der Waals surface area contributed by atoms with E-state index in [0.29, 0.717) is 0 Å². The molecular formula is C14H18INOS. The third-order valence-corrected chi connectivity index (χ3v) is 6.18. The van der Waals surface area contributed by atoms with Gasteiger partial charge in [-0.1, -0.05) is 19.3 Å². The van der Waals surface area contributed by atoms with E-state index in [4.69, 9.17) is 0 Å². The molecule has 0 radical (unpaired) electrons. The Kier molecular flexibility index (Phi) is 3.94. The van der Waals surface area contributed by atoms with Crippen molar-refractivity contribution >= 4 is 39.8 Å². The Morgan fingerprint density at radius 2 is 2.06 bits per heavy atom. The van der Waals surface area contributed by atoms with Crippen molar-refractivity contribution in [2.45, 2.75) is 32.1 Å². The molecule has 0 aromatic carbocycles. The number of nitrogens with zero attached hydrogens (tertiary/aromatic N) is 1. The Bertz CT molecular complexity index is 445. The lowest BCUT2D eigenvalue weighted by Crippen LogP contribution is -2.44. The molecule has 98 valence electrons. The van der Waals surface area contributed by atoms with Crippen LogP contribution in [-0.4, -0.2) is 23.9 Å². The van der Waals surface area contributed by atoms with Crippen LogP contribution >= 0.6 is 33.9 Å². The zero-order valence-electron chi connectivity index (χ0n) is 10.4. The predicted molar refractivity (Wildman–Crippen MR) is 83.0 cm³/mol. The Morgan fingerprint density at radius 1 is 1.28 bits per heavy atom. The minimum Gasteiger partial charge on any atom is -0.338 e. The van der Waals surface area contributed by atoms with Gasteiger partial charge in [0.1, 0.15) is 0 Å². The van der Waals surface area contributed by atoms with E-state index in [0.717, 1.165) is 30.5 Å². The third kappa shape index (κ3) is 2.59. The largest absolute Gasteiger partial charge is 0.338 e. The number of piperidine rings is 1. The van der Waals surface area contributed by atoms with Gasteiger partial charge in [-0.15, -0.1) is 11.3 Å². The van der Waals surface area contributed by atoms with Crippen LogP contribution in [0, 0.1) is 14.7 Å². The molecule has 3 rings (SSSR count). The number of fused-ring (bicyclic) bond motifs is 1. The highest BCUT2D eigenvalue weighted by Crippen LogP contribution is 2.36. The highest BCUT2D eigenvalue weighted by atomic mass is 127. The number of hydrogen-bond acceptors (Lipinski definition) is 2. The average Bonchev–Trinajstić information content (AvgIpc) is 2.84. The minimum absolute atomic E-state index is 0.248. The molecule has 0 bridgehead atoms. The summed E-state index contributed by atoms with van der Waals surface area (Å²) in [4.78, 5) is 14.5. The molecule has 1 saturated carbocycles. The molecule has 1 saturated heterocycles. The van der Waals surface area contributed by atoms with E-state index in [1.54, 1.807) is 11.3 Å². The number of carbonyl (C=O) groups is 1. The van der Waals surface area contributed by atoms with Crippen molar-refractivity contribution in [1.82, 2.24) is 4.90 Å². The number of likely N-dealkylation sites (tertiary alicyclic amines) is 1. The molecule has 1 aliphatic carbocycles. The number of carbonyl (C=O) groups excluding carboxylic acids is 1. The van der Waals surface area contributed by atoms with Gasteiger partial charge in [0.15, 0.2) is 0 Å². The van der Waals surface area contributed by atoms with Gasteiger partial charge in [0.2, 0.25) is 0 Å². The first-order valence-corrected chi connectivity index (χ1v) is 8.73. The molecule has 2 heterocycles. The number of amides is 1. The van der Waals surface area contributed by atoms with Crippen LogP contribution in [0.2, 0.25) is 0 Å². The van der Waals surface area contributed by atoms with Crippen LogP contribution in [0.1, 0.15) is 42.5 Å². The summed E-state index contributed by atoms with van der Waals surface area (Å²) < 4.78 is 1.20. The lowest BCUT2D eigenvalue weighted by atomic mass is 9.75. The van der Waals surface area contributed by atoms with E-state index in [1.807, 2.05) is 11.4 Å². The first-order chi connectivity index (χ1) is 8.74. The van der Waals surface area contributed by atoms with Gasteiger partial charge < -0.3 is 4.90 Å². The van der Waals surface area contributed by atoms with Crippen LogP contribution in [0.15, 0.2) is 11.4 Å². The lowest BCUT2D eigenvalue weighted by Gasteiger charge is -2.41. The van der Waals surface area contributed by atoms with Crippen molar-refractivity contribution in [3.63, 3.8) is 0 Å². The Balaban J connectivity index is 1.68. The number of thiophene rings is 1. The smallest absolute Gasteiger partial charge is 0.254 e. The molecule has 1 amide bonds. The van der Waals surface area contributed by atoms with E-state index >= 15 is 0 Å². The van der Waals surface area contributed by atoms with Gasteiger partial charge >= 0.3 is 0 Å². The molecule has 1 aliphatic heterocycles. The second-order valence-electron chi connectivity index (χ2n) is 5.48. The third-order valence-electron chi connectivity index (χ3n) is 4.39. The summed E-state index contributed by atoms with van der Waals surface area (Å²) in [5, 5.41) is 2.00. The van der Waals surface area contributed by atoms with Crippen LogP contribution in [0.5, 0.6) is 0 Å². The summed E-state index contributed by atoms with van der Waals surface area (Å²) in [6.07, 6.45) is 6.70. The van der Waals surface area contributed by atoms with Gasteiger partial charge in [-0.05, 0) is 53.3 Å². The normalized spacial score (nSPS) is 27.9. The number of rotatable bonds is 1. The van der Waals surface area contributed by atoms with Gasteiger partial charge in [-0.2, -0.15) is 0 Å². The summed E-state index contributed by atoms with van der Waals surface area (Å²) >= 11 is 3.94. The zero-order chi connectivity index (χ0) is 12.5. The molecule has 2 aliphatic rings. The molecule has 2 nitrogen and oxygen atoms in total. The summed E-state index contributed by atoms with van der Waals surface area (Å²) in [6.45, 7) is 1.96. The summed E-state index contributed by atoms with van der Waals surface area (Å²) in [5.74, 6) is 1.91. The maximum absolute atomic E-state index is 12.4. The van der Waals surface area contributed by atoms with Crippen molar-refractivity contribution in [2.75, 3.05) is 13.1 Å². The Labute approximate surface area is 126 Å². The van der Waals surface area contributed by atoms with Gasteiger partial charge in [-0.25, -0.2) is 0 Å². The molecule has 0 spiro atoms. The predicted octanol–water partition coefficient (Wildman–Crippen LogP) is 4.01. The Hall–Kier alpha value is -0.100. The highest BCUT2D eigenvalue weighted by molar-refractivity contribution is 14.1. The van der Waals surface area contributed by atoms with Crippen molar-refractivity contribution < 1.29 is 4.79 Å². The van der Waals surface area contributed by atoms with E-state index in [1.165, 1.54) is 35.0 Å². The van der Waals surface area contributed by atoms with E-state index in [9.17, 15) is 4.79 Å². The first kappa shape index (κ1) is 12.9. The quantitative estimate of drug-likeness (QED) is 0.680. The van der Waals surface area contributed by atoms with E-state index in [2.05, 4.69) is 27.5 Å². The SMILES string of the molecule is O=C(c1csc(I)c1)N1CCC2CCCCC2C1. The van der Waals surface area contributed by atoms with Crippen LogP contribution in [0.4, 0.5) is 0 Å². The molecule has 2 atom stereocenters. The summed E-state index contributed by atoms with van der Waals surface area (Å²) in [6, 6.07) is 2.01. The summed E-state index contributed by atoms with van der Waals surface area (Å²) in [7, 11) is 0. The molecule has 2 fully saturated rings. The lowest BCUT2D eigenvalue weighted by molar-refractivity contribution is 0.0521. The maximum Gasteiger partial charge on any atom is 0.254 e. The maximum atomic E-state index is 12.4. The monoisotopic (exact) mass is 375 g/mol. The Morgan fingerprint density at radius 3 is 2.78 bits per heavy atom. The molecular weight excluding hydrogens is 357 g/mol. The van der Waals surface area contributed by atoms with Crippen LogP contribution in [0.3, 0.4) is 0 Å². The van der Waals surface area contributed by atoms with Crippen molar-refractivity contribution in [3.05, 3.63) is 19.9 Å². The number of hydrogen-bond donors (Lipinski definition) is 0. The minimum atomic E-state index is 0.248. The topological polar surface area (TPSA) is 20.3 Å². The fraction of sp³-hybridized carbons (Fsp3) is 0.643.